The van der Waals surface area contributed by atoms with E-state index in [1.807, 2.05) is 24.3 Å². The molecule has 0 N–H and O–H groups in total. The molecule has 0 radical (unpaired) electrons. The fourth-order valence-corrected chi connectivity index (χ4v) is 3.01. The van der Waals surface area contributed by atoms with Crippen molar-refractivity contribution >= 4 is 0 Å². The summed E-state index contributed by atoms with van der Waals surface area (Å²) in [5.41, 5.74) is 3.50. The molecular formula is C26H34O. The van der Waals surface area contributed by atoms with Crippen LogP contribution in [-0.2, 0) is 6.42 Å². The van der Waals surface area contributed by atoms with E-state index in [0.717, 1.165) is 29.9 Å². The summed E-state index contributed by atoms with van der Waals surface area (Å²) in [6, 6.07) is 16.8. The van der Waals surface area contributed by atoms with Crippen molar-refractivity contribution in [1.29, 1.82) is 0 Å². The normalized spacial score (nSPS) is 10.3. The van der Waals surface area contributed by atoms with Gasteiger partial charge in [-0.05, 0) is 61.2 Å². The number of ether oxygens (including phenoxy) is 1. The fourth-order valence-electron chi connectivity index (χ4n) is 3.01. The molecule has 0 aromatic heterocycles. The molecule has 0 heterocycles. The molecule has 1 nitrogen and oxygen atoms in total. The number of benzene rings is 2. The van der Waals surface area contributed by atoms with Crippen molar-refractivity contribution in [2.75, 3.05) is 6.61 Å². The van der Waals surface area contributed by atoms with Crippen LogP contribution in [0.25, 0.3) is 0 Å². The van der Waals surface area contributed by atoms with E-state index in [4.69, 9.17) is 4.74 Å². The molecule has 1 heteroatoms. The molecule has 2 aromatic carbocycles. The third kappa shape index (κ3) is 8.83. The Labute approximate surface area is 166 Å². The Balaban J connectivity index is 1.77. The summed E-state index contributed by atoms with van der Waals surface area (Å²) in [6.45, 7) is 5.29. The molecule has 27 heavy (non-hydrogen) atoms. The van der Waals surface area contributed by atoms with E-state index in [9.17, 15) is 0 Å². The topological polar surface area (TPSA) is 9.23 Å². The molecular weight excluding hydrogens is 328 g/mol. The van der Waals surface area contributed by atoms with Gasteiger partial charge in [0.2, 0.25) is 0 Å². The van der Waals surface area contributed by atoms with Gasteiger partial charge >= 0.3 is 0 Å². The van der Waals surface area contributed by atoms with Crippen molar-refractivity contribution in [1.82, 2.24) is 0 Å². The van der Waals surface area contributed by atoms with Gasteiger partial charge in [0.25, 0.3) is 0 Å². The summed E-state index contributed by atoms with van der Waals surface area (Å²) in [4.78, 5) is 0. The molecule has 0 aliphatic carbocycles. The summed E-state index contributed by atoms with van der Waals surface area (Å²) in [5, 5.41) is 0. The smallest absolute Gasteiger partial charge is 0.119 e. The maximum atomic E-state index is 5.81. The Hall–Kier alpha value is -2.20. The highest BCUT2D eigenvalue weighted by Gasteiger charge is 1.96. The van der Waals surface area contributed by atoms with Crippen LogP contribution in [0.5, 0.6) is 5.75 Å². The maximum Gasteiger partial charge on any atom is 0.119 e. The molecule has 0 spiro atoms. The van der Waals surface area contributed by atoms with Crippen LogP contribution in [0.1, 0.15) is 81.9 Å². The van der Waals surface area contributed by atoms with Gasteiger partial charge in [0.15, 0.2) is 0 Å². The van der Waals surface area contributed by atoms with Crippen LogP contribution in [0, 0.1) is 11.8 Å². The molecule has 0 aliphatic rings. The molecule has 0 atom stereocenters. The lowest BCUT2D eigenvalue weighted by molar-refractivity contribution is 0.304. The summed E-state index contributed by atoms with van der Waals surface area (Å²) in [6.07, 6.45) is 11.3. The minimum Gasteiger partial charge on any atom is -0.494 e. The summed E-state index contributed by atoms with van der Waals surface area (Å²) < 4.78 is 5.81. The van der Waals surface area contributed by atoms with Crippen LogP contribution in [0.15, 0.2) is 48.5 Å². The average molecular weight is 363 g/mol. The largest absolute Gasteiger partial charge is 0.494 e. The minimum absolute atomic E-state index is 0.805. The standard InChI is InChI=1S/C26H34O/c1-3-5-7-8-10-22-27-26-20-18-25(19-21-26)17-16-24-14-12-23(13-15-24)11-9-6-4-2/h12-15,18-21H,3-11,22H2,1-2H3. The van der Waals surface area contributed by atoms with Gasteiger partial charge in [0, 0.05) is 11.1 Å². The van der Waals surface area contributed by atoms with Crippen LogP contribution >= 0.6 is 0 Å². The first-order valence-corrected chi connectivity index (χ1v) is 10.7. The molecule has 2 aromatic rings. The maximum absolute atomic E-state index is 5.81. The number of hydrogen-bond acceptors (Lipinski definition) is 1. The van der Waals surface area contributed by atoms with Gasteiger partial charge in [-0.1, -0.05) is 76.3 Å². The van der Waals surface area contributed by atoms with E-state index in [1.165, 1.54) is 56.9 Å². The number of hydrogen-bond donors (Lipinski definition) is 0. The van der Waals surface area contributed by atoms with Crippen molar-refractivity contribution in [2.45, 2.75) is 71.6 Å². The van der Waals surface area contributed by atoms with E-state index >= 15 is 0 Å². The predicted octanol–water partition coefficient (Wildman–Crippen LogP) is 7.17. The Morgan fingerprint density at radius 3 is 1.81 bits per heavy atom. The van der Waals surface area contributed by atoms with Crippen molar-refractivity contribution in [2.24, 2.45) is 0 Å². The molecule has 0 fully saturated rings. The second-order valence-electron chi connectivity index (χ2n) is 7.19. The van der Waals surface area contributed by atoms with Crippen molar-refractivity contribution in [3.8, 4) is 17.6 Å². The number of unbranched alkanes of at least 4 members (excludes halogenated alkanes) is 6. The first-order chi connectivity index (χ1) is 13.3. The van der Waals surface area contributed by atoms with Crippen molar-refractivity contribution < 1.29 is 4.74 Å². The SMILES string of the molecule is CCCCCCCOc1ccc(C#Cc2ccc(CCCCC)cc2)cc1. The van der Waals surface area contributed by atoms with E-state index in [0.29, 0.717) is 0 Å². The summed E-state index contributed by atoms with van der Waals surface area (Å²) in [7, 11) is 0. The van der Waals surface area contributed by atoms with Crippen molar-refractivity contribution in [3.05, 3.63) is 65.2 Å². The lowest BCUT2D eigenvalue weighted by Gasteiger charge is -2.05. The molecule has 0 saturated carbocycles. The average Bonchev–Trinajstić information content (AvgIpc) is 2.71. The summed E-state index contributed by atoms with van der Waals surface area (Å²) >= 11 is 0. The fraction of sp³-hybridized carbons (Fsp3) is 0.462. The van der Waals surface area contributed by atoms with Crippen LogP contribution in [0.4, 0.5) is 0 Å². The highest BCUT2D eigenvalue weighted by atomic mass is 16.5. The van der Waals surface area contributed by atoms with E-state index in [1.54, 1.807) is 0 Å². The molecule has 0 saturated heterocycles. The van der Waals surface area contributed by atoms with Gasteiger partial charge in [-0.15, -0.1) is 0 Å². The highest BCUT2D eigenvalue weighted by molar-refractivity contribution is 5.44. The van der Waals surface area contributed by atoms with Crippen LogP contribution in [0.2, 0.25) is 0 Å². The molecule has 144 valence electrons. The minimum atomic E-state index is 0.805. The molecule has 2 rings (SSSR count). The van der Waals surface area contributed by atoms with Gasteiger partial charge in [-0.3, -0.25) is 0 Å². The predicted molar refractivity (Wildman–Crippen MR) is 116 cm³/mol. The van der Waals surface area contributed by atoms with Crippen LogP contribution in [0.3, 0.4) is 0 Å². The zero-order chi connectivity index (χ0) is 19.2. The van der Waals surface area contributed by atoms with Crippen molar-refractivity contribution in [3.63, 3.8) is 0 Å². The zero-order valence-corrected chi connectivity index (χ0v) is 17.1. The Morgan fingerprint density at radius 1 is 0.630 bits per heavy atom. The lowest BCUT2D eigenvalue weighted by Crippen LogP contribution is -1.97. The monoisotopic (exact) mass is 362 g/mol. The third-order valence-corrected chi connectivity index (χ3v) is 4.75. The quantitative estimate of drug-likeness (QED) is 0.304. The van der Waals surface area contributed by atoms with Gasteiger partial charge in [-0.25, -0.2) is 0 Å². The van der Waals surface area contributed by atoms with Gasteiger partial charge in [0.05, 0.1) is 6.61 Å². The molecule has 0 amide bonds. The number of rotatable bonds is 11. The van der Waals surface area contributed by atoms with Crippen LogP contribution < -0.4 is 4.74 Å². The van der Waals surface area contributed by atoms with Gasteiger partial charge in [-0.2, -0.15) is 0 Å². The van der Waals surface area contributed by atoms with Gasteiger partial charge < -0.3 is 4.74 Å². The van der Waals surface area contributed by atoms with Crippen LogP contribution in [-0.4, -0.2) is 6.61 Å². The zero-order valence-electron chi connectivity index (χ0n) is 17.1. The van der Waals surface area contributed by atoms with E-state index in [2.05, 4.69) is 50.0 Å². The molecule has 0 bridgehead atoms. The first kappa shape index (κ1) is 21.1. The molecule has 0 unspecified atom stereocenters. The first-order valence-electron chi connectivity index (χ1n) is 10.7. The third-order valence-electron chi connectivity index (χ3n) is 4.75. The van der Waals surface area contributed by atoms with E-state index < -0.39 is 0 Å². The molecule has 0 aliphatic heterocycles. The highest BCUT2D eigenvalue weighted by Crippen LogP contribution is 2.13. The Morgan fingerprint density at radius 2 is 1.19 bits per heavy atom. The summed E-state index contributed by atoms with van der Waals surface area (Å²) in [5.74, 6) is 7.44. The van der Waals surface area contributed by atoms with E-state index in [-0.39, 0.29) is 0 Å². The Kier molecular flexibility index (Phi) is 10.2. The van der Waals surface area contributed by atoms with Gasteiger partial charge in [0.1, 0.15) is 5.75 Å². The lowest BCUT2D eigenvalue weighted by atomic mass is 10.1. The Bertz CT molecular complexity index is 686. The number of aryl methyl sites for hydroxylation is 1. The second kappa shape index (κ2) is 13.0. The second-order valence-corrected chi connectivity index (χ2v) is 7.19.